The van der Waals surface area contributed by atoms with Crippen molar-refractivity contribution in [1.82, 2.24) is 4.98 Å². The maximum absolute atomic E-state index is 11.8. The van der Waals surface area contributed by atoms with Gasteiger partial charge in [0.2, 0.25) is 10.0 Å². The SMILES string of the molecule is CCC(C(N)=S)S(=O)(=O)Nc1nccs1. The molecule has 1 aromatic heterocycles. The van der Waals surface area contributed by atoms with Gasteiger partial charge < -0.3 is 5.73 Å². The maximum atomic E-state index is 11.8. The van der Waals surface area contributed by atoms with Crippen LogP contribution in [0, 0.1) is 0 Å². The third-order valence-electron chi connectivity index (χ3n) is 1.72. The second-order valence-corrected chi connectivity index (χ2v) is 6.01. The van der Waals surface area contributed by atoms with Gasteiger partial charge in [-0.25, -0.2) is 13.4 Å². The first-order chi connectivity index (χ1) is 6.97. The Balaban J connectivity index is 2.87. The first-order valence-electron chi connectivity index (χ1n) is 4.17. The van der Waals surface area contributed by atoms with E-state index >= 15 is 0 Å². The highest BCUT2D eigenvalue weighted by Gasteiger charge is 2.26. The van der Waals surface area contributed by atoms with Crippen LogP contribution in [-0.2, 0) is 10.0 Å². The van der Waals surface area contributed by atoms with Gasteiger partial charge in [-0.2, -0.15) is 0 Å². The smallest absolute Gasteiger partial charge is 0.243 e. The number of hydrogen-bond acceptors (Lipinski definition) is 5. The molecule has 1 rings (SSSR count). The summed E-state index contributed by atoms with van der Waals surface area (Å²) in [4.78, 5) is 3.80. The maximum Gasteiger partial charge on any atom is 0.243 e. The molecule has 0 saturated carbocycles. The number of nitrogens with zero attached hydrogens (tertiary/aromatic N) is 1. The molecule has 1 unspecified atom stereocenters. The van der Waals surface area contributed by atoms with Gasteiger partial charge in [-0.3, -0.25) is 4.72 Å². The minimum absolute atomic E-state index is 0.0263. The van der Waals surface area contributed by atoms with Crippen molar-refractivity contribution in [2.45, 2.75) is 18.6 Å². The Hall–Kier alpha value is -0.730. The number of nitrogens with two attached hydrogens (primary N) is 1. The molecule has 0 aromatic carbocycles. The zero-order chi connectivity index (χ0) is 11.5. The summed E-state index contributed by atoms with van der Waals surface area (Å²) >= 11 is 5.91. The summed E-state index contributed by atoms with van der Waals surface area (Å²) in [6, 6.07) is 0. The zero-order valence-electron chi connectivity index (χ0n) is 8.00. The van der Waals surface area contributed by atoms with Crippen molar-refractivity contribution < 1.29 is 8.42 Å². The van der Waals surface area contributed by atoms with Crippen LogP contribution in [-0.4, -0.2) is 23.6 Å². The number of sulfonamides is 1. The molecule has 0 aliphatic heterocycles. The molecule has 0 saturated heterocycles. The number of rotatable bonds is 5. The highest BCUT2D eigenvalue weighted by molar-refractivity contribution is 7.95. The van der Waals surface area contributed by atoms with Crippen molar-refractivity contribution in [3.05, 3.63) is 11.6 Å². The average Bonchev–Trinajstić information content (AvgIpc) is 2.55. The molecule has 0 aliphatic rings. The predicted molar refractivity (Wildman–Crippen MR) is 65.5 cm³/mol. The highest BCUT2D eigenvalue weighted by atomic mass is 32.2. The lowest BCUT2D eigenvalue weighted by Gasteiger charge is -2.14. The van der Waals surface area contributed by atoms with Gasteiger partial charge in [-0.05, 0) is 6.42 Å². The summed E-state index contributed by atoms with van der Waals surface area (Å²) in [5.74, 6) is 0. The Morgan fingerprint density at radius 1 is 1.80 bits per heavy atom. The third-order valence-corrected chi connectivity index (χ3v) is 4.79. The van der Waals surface area contributed by atoms with Crippen LogP contribution in [0.25, 0.3) is 0 Å². The van der Waals surface area contributed by atoms with Gasteiger partial charge in [-0.1, -0.05) is 19.1 Å². The topological polar surface area (TPSA) is 85.1 Å². The van der Waals surface area contributed by atoms with E-state index in [9.17, 15) is 8.42 Å². The molecule has 0 spiro atoms. The number of aromatic nitrogens is 1. The molecule has 8 heteroatoms. The van der Waals surface area contributed by atoms with E-state index in [1.54, 1.807) is 12.3 Å². The van der Waals surface area contributed by atoms with Crippen molar-refractivity contribution >= 4 is 43.7 Å². The van der Waals surface area contributed by atoms with Crippen LogP contribution in [0.5, 0.6) is 0 Å². The van der Waals surface area contributed by atoms with Crippen LogP contribution >= 0.6 is 23.6 Å². The summed E-state index contributed by atoms with van der Waals surface area (Å²) in [7, 11) is -3.56. The standard InChI is InChI=1S/C7H11N3O2S3/c1-2-5(6(8)13)15(11,12)10-7-9-3-4-14-7/h3-5H,2H2,1H3,(H2,8,13)(H,9,10). The molecule has 0 fully saturated rings. The molecule has 15 heavy (non-hydrogen) atoms. The third kappa shape index (κ3) is 3.11. The molecule has 1 atom stereocenters. The predicted octanol–water partition coefficient (Wildman–Crippen LogP) is 0.949. The van der Waals surface area contributed by atoms with Crippen LogP contribution in [0.3, 0.4) is 0 Å². The first kappa shape index (κ1) is 12.3. The monoisotopic (exact) mass is 265 g/mol. The van der Waals surface area contributed by atoms with Crippen LogP contribution < -0.4 is 10.5 Å². The van der Waals surface area contributed by atoms with Gasteiger partial charge >= 0.3 is 0 Å². The van der Waals surface area contributed by atoms with E-state index in [0.717, 1.165) is 0 Å². The number of thiocarbonyl (C=S) groups is 1. The summed E-state index contributed by atoms with van der Waals surface area (Å²) in [5.41, 5.74) is 5.36. The van der Waals surface area contributed by atoms with Crippen molar-refractivity contribution in [2.75, 3.05) is 4.72 Å². The van der Waals surface area contributed by atoms with E-state index in [2.05, 4.69) is 9.71 Å². The molecule has 0 radical (unpaired) electrons. The lowest BCUT2D eigenvalue weighted by atomic mass is 10.3. The van der Waals surface area contributed by atoms with Gasteiger partial charge in [0.1, 0.15) is 5.25 Å². The minimum atomic E-state index is -3.56. The largest absolute Gasteiger partial charge is 0.392 e. The molecule has 1 aromatic rings. The van der Waals surface area contributed by atoms with E-state index in [0.29, 0.717) is 11.6 Å². The normalized spacial score (nSPS) is 13.4. The number of hydrogen-bond donors (Lipinski definition) is 2. The Labute approximate surface area is 97.8 Å². The molecule has 3 N–H and O–H groups in total. The van der Waals surface area contributed by atoms with E-state index in [-0.39, 0.29) is 4.99 Å². The van der Waals surface area contributed by atoms with Gasteiger partial charge in [0.15, 0.2) is 5.13 Å². The van der Waals surface area contributed by atoms with E-state index < -0.39 is 15.3 Å². The van der Waals surface area contributed by atoms with Crippen molar-refractivity contribution in [2.24, 2.45) is 5.73 Å². The fourth-order valence-electron chi connectivity index (χ4n) is 1.04. The molecular weight excluding hydrogens is 254 g/mol. The number of anilines is 1. The Kier molecular flexibility index (Phi) is 4.00. The molecule has 84 valence electrons. The van der Waals surface area contributed by atoms with E-state index in [4.69, 9.17) is 18.0 Å². The number of nitrogens with one attached hydrogen (secondary N) is 1. The van der Waals surface area contributed by atoms with Crippen LogP contribution in [0.1, 0.15) is 13.3 Å². The molecule has 0 bridgehead atoms. The zero-order valence-corrected chi connectivity index (χ0v) is 10.5. The van der Waals surface area contributed by atoms with Crippen molar-refractivity contribution in [3.8, 4) is 0 Å². The van der Waals surface area contributed by atoms with Crippen molar-refractivity contribution in [1.29, 1.82) is 0 Å². The summed E-state index contributed by atoms with van der Waals surface area (Å²) in [6.45, 7) is 1.71. The second kappa shape index (κ2) is 4.86. The van der Waals surface area contributed by atoms with E-state index in [1.165, 1.54) is 17.5 Å². The summed E-state index contributed by atoms with van der Waals surface area (Å²) in [6.07, 6.45) is 1.86. The fraction of sp³-hybridized carbons (Fsp3) is 0.429. The highest BCUT2D eigenvalue weighted by Crippen LogP contribution is 2.16. The Morgan fingerprint density at radius 3 is 2.87 bits per heavy atom. The molecule has 0 aliphatic carbocycles. The van der Waals surface area contributed by atoms with Gasteiger partial charge in [0.05, 0.1) is 4.99 Å². The quantitative estimate of drug-likeness (QED) is 0.774. The molecule has 1 heterocycles. The van der Waals surface area contributed by atoms with E-state index in [1.807, 2.05) is 0 Å². The first-order valence-corrected chi connectivity index (χ1v) is 7.01. The second-order valence-electron chi connectivity index (χ2n) is 2.78. The lowest BCUT2D eigenvalue weighted by molar-refractivity contribution is 0.594. The lowest BCUT2D eigenvalue weighted by Crippen LogP contribution is -2.37. The van der Waals surface area contributed by atoms with Gasteiger partial charge in [0.25, 0.3) is 0 Å². The van der Waals surface area contributed by atoms with Gasteiger partial charge in [-0.15, -0.1) is 11.3 Å². The summed E-state index contributed by atoms with van der Waals surface area (Å²) in [5, 5.41) is 1.15. The van der Waals surface area contributed by atoms with Crippen molar-refractivity contribution in [3.63, 3.8) is 0 Å². The summed E-state index contributed by atoms with van der Waals surface area (Å²) < 4.78 is 25.9. The molecule has 0 amide bonds. The fourth-order valence-corrected chi connectivity index (χ4v) is 3.68. The Bertz CT molecular complexity index is 426. The number of thiazole rings is 1. The molecular formula is C7H11N3O2S3. The van der Waals surface area contributed by atoms with Crippen LogP contribution in [0.15, 0.2) is 11.6 Å². The van der Waals surface area contributed by atoms with Crippen LogP contribution in [0.2, 0.25) is 0 Å². The Morgan fingerprint density at radius 2 is 2.47 bits per heavy atom. The minimum Gasteiger partial charge on any atom is -0.392 e. The molecule has 5 nitrogen and oxygen atoms in total. The average molecular weight is 265 g/mol. The van der Waals surface area contributed by atoms with Gasteiger partial charge in [0, 0.05) is 11.6 Å². The van der Waals surface area contributed by atoms with Crippen LogP contribution in [0.4, 0.5) is 5.13 Å².